The third kappa shape index (κ3) is 6.43. The predicted octanol–water partition coefficient (Wildman–Crippen LogP) is 2.43. The summed E-state index contributed by atoms with van der Waals surface area (Å²) in [7, 11) is 1.91. The number of carbonyl (C=O) groups excluding carboxylic acids is 2. The van der Waals surface area contributed by atoms with Crippen molar-refractivity contribution in [2.45, 2.75) is 50.5 Å². The number of nitrogens with one attached hydrogen (secondary N) is 2. The highest BCUT2D eigenvalue weighted by Gasteiger charge is 2.35. The van der Waals surface area contributed by atoms with Gasteiger partial charge in [0.15, 0.2) is 0 Å². The maximum Gasteiger partial charge on any atom is 0.395 e. The van der Waals surface area contributed by atoms with Crippen LogP contribution in [-0.4, -0.2) is 52.6 Å². The molecule has 0 aliphatic carbocycles. The highest BCUT2D eigenvalue weighted by molar-refractivity contribution is 5.88. The van der Waals surface area contributed by atoms with Crippen molar-refractivity contribution < 1.29 is 22.8 Å². The van der Waals surface area contributed by atoms with E-state index in [2.05, 4.69) is 26.6 Å². The summed E-state index contributed by atoms with van der Waals surface area (Å²) in [5.41, 5.74) is 3.48. The van der Waals surface area contributed by atoms with Crippen molar-refractivity contribution in [1.82, 2.24) is 20.2 Å². The summed E-state index contributed by atoms with van der Waals surface area (Å²) < 4.78 is 39.4. The van der Waals surface area contributed by atoms with E-state index in [1.807, 2.05) is 23.7 Å². The lowest BCUT2D eigenvalue weighted by Gasteiger charge is -2.38. The molecule has 0 bridgehead atoms. The number of nitrogens with zero attached hydrogens (tertiary/aromatic N) is 4. The Kier molecular flexibility index (Phi) is 7.64. The largest absolute Gasteiger partial charge is 0.395 e. The molecule has 2 aliphatic rings. The first-order valence-electron chi connectivity index (χ1n) is 11.8. The molecule has 0 saturated carbocycles. The number of carbonyl (C=O) groups is 2. The molecule has 1 amide bonds. The van der Waals surface area contributed by atoms with Gasteiger partial charge in [0.2, 0.25) is 5.91 Å². The van der Waals surface area contributed by atoms with Gasteiger partial charge < -0.3 is 20.1 Å². The number of aryl methyl sites for hydroxylation is 1. The van der Waals surface area contributed by atoms with Gasteiger partial charge in [-0.3, -0.25) is 9.59 Å². The number of aromatic nitrogens is 2. The Balaban J connectivity index is 1.42. The first-order valence-corrected chi connectivity index (χ1v) is 11.8. The van der Waals surface area contributed by atoms with Crippen molar-refractivity contribution in [2.75, 3.05) is 18.0 Å². The third-order valence-corrected chi connectivity index (χ3v) is 6.63. The van der Waals surface area contributed by atoms with Gasteiger partial charge in [0.25, 0.3) is 0 Å². The standard InChI is InChI=1S/C25H28F3N6O2/c1-33-15-30-12-20(33)14-34-13-19(9-18-6-17(11-29)2-3-23(18)34)32-24(36)22-8-16(4-5-31-22)7-21(35)10-25(26,27)28/h2-3,6-7,12,15-16,19,22,31H,4-5,8-10,13-14H2,1H3,(H,32,36). The number of nitriles is 1. The summed E-state index contributed by atoms with van der Waals surface area (Å²) in [5, 5.41) is 15.5. The van der Waals surface area contributed by atoms with Gasteiger partial charge in [0.1, 0.15) is 12.2 Å². The second-order valence-electron chi connectivity index (χ2n) is 9.46. The molecule has 11 heteroatoms. The molecule has 2 aliphatic heterocycles. The SMILES string of the molecule is Cn1cncc1CN1CC(NC(=O)C2CC([CH]C(=O)CC(F)(F)F)CCN2)Cc2cc(C#N)ccc21. The van der Waals surface area contributed by atoms with Crippen LogP contribution in [-0.2, 0) is 29.6 Å². The third-order valence-electron chi connectivity index (χ3n) is 6.63. The molecule has 1 saturated heterocycles. The Morgan fingerprint density at radius 2 is 2.17 bits per heavy atom. The minimum Gasteiger partial charge on any atom is -0.363 e. The topological polar surface area (TPSA) is 103 Å². The number of piperidine rings is 1. The predicted molar refractivity (Wildman–Crippen MR) is 126 cm³/mol. The second-order valence-corrected chi connectivity index (χ2v) is 9.46. The number of fused-ring (bicyclic) bond motifs is 1. The average molecular weight is 502 g/mol. The van der Waals surface area contributed by atoms with Crippen LogP contribution in [0.15, 0.2) is 30.7 Å². The van der Waals surface area contributed by atoms with E-state index in [1.54, 1.807) is 18.6 Å². The molecule has 3 heterocycles. The number of hydrogen-bond donors (Lipinski definition) is 2. The fraction of sp³-hybridized carbons (Fsp3) is 0.480. The highest BCUT2D eigenvalue weighted by atomic mass is 19.4. The van der Waals surface area contributed by atoms with Crippen LogP contribution in [0.2, 0.25) is 0 Å². The summed E-state index contributed by atoms with van der Waals surface area (Å²) in [6.07, 6.45) is -0.0905. The molecular weight excluding hydrogens is 473 g/mol. The van der Waals surface area contributed by atoms with Crippen LogP contribution in [0.5, 0.6) is 0 Å². The van der Waals surface area contributed by atoms with Crippen molar-refractivity contribution >= 4 is 17.4 Å². The van der Waals surface area contributed by atoms with E-state index in [-0.39, 0.29) is 24.3 Å². The lowest BCUT2D eigenvalue weighted by atomic mass is 9.87. The fourth-order valence-corrected chi connectivity index (χ4v) is 4.92. The number of imidazole rings is 1. The first kappa shape index (κ1) is 25.7. The Labute approximate surface area is 207 Å². The van der Waals surface area contributed by atoms with Gasteiger partial charge in [-0.25, -0.2) is 4.98 Å². The van der Waals surface area contributed by atoms with Gasteiger partial charge in [-0.1, -0.05) is 0 Å². The van der Waals surface area contributed by atoms with E-state index in [9.17, 15) is 28.0 Å². The lowest BCUT2D eigenvalue weighted by Crippen LogP contribution is -2.55. The zero-order valence-corrected chi connectivity index (χ0v) is 19.9. The van der Waals surface area contributed by atoms with E-state index in [4.69, 9.17) is 0 Å². The summed E-state index contributed by atoms with van der Waals surface area (Å²) in [5.74, 6) is -1.60. The molecule has 0 spiro atoms. The molecule has 3 atom stereocenters. The van der Waals surface area contributed by atoms with E-state index in [0.717, 1.165) is 23.4 Å². The minimum atomic E-state index is -4.54. The van der Waals surface area contributed by atoms with Crippen molar-refractivity contribution in [3.05, 3.63) is 54.0 Å². The minimum absolute atomic E-state index is 0.231. The molecule has 2 aromatic rings. The fourth-order valence-electron chi connectivity index (χ4n) is 4.92. The van der Waals surface area contributed by atoms with Crippen LogP contribution in [0.4, 0.5) is 18.9 Å². The van der Waals surface area contributed by atoms with E-state index in [0.29, 0.717) is 38.0 Å². The molecular formula is C25H28F3N6O2. The molecule has 36 heavy (non-hydrogen) atoms. The van der Waals surface area contributed by atoms with Gasteiger partial charge in [-0.05, 0) is 55.5 Å². The lowest BCUT2D eigenvalue weighted by molar-refractivity contribution is -0.150. The van der Waals surface area contributed by atoms with Crippen LogP contribution in [0, 0.1) is 23.7 Å². The number of rotatable bonds is 7. The Bertz CT molecular complexity index is 1160. The molecule has 1 fully saturated rings. The quantitative estimate of drug-likeness (QED) is 0.604. The summed E-state index contributed by atoms with van der Waals surface area (Å²) in [6.45, 7) is 1.55. The summed E-state index contributed by atoms with van der Waals surface area (Å²) in [4.78, 5) is 31.2. The van der Waals surface area contributed by atoms with Crippen molar-refractivity contribution in [3.63, 3.8) is 0 Å². The zero-order valence-electron chi connectivity index (χ0n) is 19.9. The number of halogens is 3. The van der Waals surface area contributed by atoms with E-state index in [1.165, 1.54) is 0 Å². The second kappa shape index (κ2) is 10.7. The van der Waals surface area contributed by atoms with Crippen LogP contribution < -0.4 is 15.5 Å². The molecule has 4 rings (SSSR count). The smallest absolute Gasteiger partial charge is 0.363 e. The summed E-state index contributed by atoms with van der Waals surface area (Å²) in [6, 6.07) is 6.85. The van der Waals surface area contributed by atoms with Gasteiger partial charge in [-0.15, -0.1) is 0 Å². The number of anilines is 1. The van der Waals surface area contributed by atoms with Gasteiger partial charge >= 0.3 is 6.18 Å². The number of ketones is 1. The van der Waals surface area contributed by atoms with Crippen LogP contribution in [0.25, 0.3) is 0 Å². The Morgan fingerprint density at radius 3 is 2.86 bits per heavy atom. The maximum atomic E-state index is 13.1. The van der Waals surface area contributed by atoms with Crippen LogP contribution in [0.1, 0.15) is 36.1 Å². The summed E-state index contributed by atoms with van der Waals surface area (Å²) >= 11 is 0. The Hall–Kier alpha value is -3.39. The maximum absolute atomic E-state index is 13.1. The zero-order chi connectivity index (χ0) is 25.9. The number of benzene rings is 1. The van der Waals surface area contributed by atoms with E-state index >= 15 is 0 Å². The monoisotopic (exact) mass is 501 g/mol. The van der Waals surface area contributed by atoms with E-state index < -0.39 is 24.4 Å². The van der Waals surface area contributed by atoms with Crippen molar-refractivity contribution in [1.29, 1.82) is 5.26 Å². The highest BCUT2D eigenvalue weighted by Crippen LogP contribution is 2.30. The van der Waals surface area contributed by atoms with Crippen molar-refractivity contribution in [2.24, 2.45) is 13.0 Å². The van der Waals surface area contributed by atoms with Crippen molar-refractivity contribution in [3.8, 4) is 6.07 Å². The molecule has 191 valence electrons. The number of Topliss-reactive ketones (excluding diaryl/α,β-unsaturated/α-hetero) is 1. The Morgan fingerprint density at radius 1 is 1.36 bits per heavy atom. The molecule has 8 nitrogen and oxygen atoms in total. The molecule has 1 radical (unpaired) electrons. The number of hydrogen-bond acceptors (Lipinski definition) is 6. The molecule has 1 aromatic carbocycles. The molecule has 1 aromatic heterocycles. The van der Waals surface area contributed by atoms with Crippen LogP contribution in [0.3, 0.4) is 0 Å². The normalized spacial score (nSPS) is 22.0. The number of amides is 1. The molecule has 3 unspecified atom stereocenters. The number of alkyl halides is 3. The van der Waals surface area contributed by atoms with Gasteiger partial charge in [0.05, 0.1) is 42.3 Å². The average Bonchev–Trinajstić information content (AvgIpc) is 3.21. The molecule has 2 N–H and O–H groups in total. The first-order chi connectivity index (χ1) is 17.1. The van der Waals surface area contributed by atoms with Gasteiger partial charge in [0, 0.05) is 31.9 Å². The van der Waals surface area contributed by atoms with Crippen LogP contribution >= 0.6 is 0 Å². The van der Waals surface area contributed by atoms with Gasteiger partial charge in [-0.2, -0.15) is 18.4 Å².